The van der Waals surface area contributed by atoms with E-state index in [-0.39, 0.29) is 5.41 Å². The van der Waals surface area contributed by atoms with E-state index in [2.05, 4.69) is 166 Å². The molecule has 0 bridgehead atoms. The number of benzene rings is 8. The van der Waals surface area contributed by atoms with Gasteiger partial charge in [-0.3, -0.25) is 0 Å². The van der Waals surface area contributed by atoms with Crippen LogP contribution in [0.4, 0.5) is 0 Å². The average Bonchev–Trinajstić information content (AvgIpc) is 3.71. The second-order valence-corrected chi connectivity index (χ2v) is 15.0. The quantitative estimate of drug-likeness (QED) is 0.184. The molecule has 0 saturated heterocycles. The van der Waals surface area contributed by atoms with Crippen molar-refractivity contribution in [3.05, 3.63) is 181 Å². The van der Waals surface area contributed by atoms with Gasteiger partial charge in [-0.15, -0.1) is 0 Å². The lowest BCUT2D eigenvalue weighted by Gasteiger charge is -2.22. The zero-order valence-electron chi connectivity index (χ0n) is 30.0. The fraction of sp³-hybridized carbons (Fsp3) is 0.0588. The van der Waals surface area contributed by atoms with Gasteiger partial charge in [-0.2, -0.15) is 0 Å². The van der Waals surface area contributed by atoms with Crippen LogP contribution in [-0.2, 0) is 5.41 Å². The highest BCUT2D eigenvalue weighted by Gasteiger charge is 2.37. The first kappa shape index (κ1) is 30.8. The van der Waals surface area contributed by atoms with Gasteiger partial charge in [0, 0.05) is 32.9 Å². The average molecular weight is 691 g/mol. The molecule has 0 spiro atoms. The summed E-state index contributed by atoms with van der Waals surface area (Å²) in [6.07, 6.45) is 0. The molecule has 0 saturated carbocycles. The van der Waals surface area contributed by atoms with Gasteiger partial charge < -0.3 is 4.42 Å². The molecule has 1 aliphatic rings. The zero-order valence-corrected chi connectivity index (χ0v) is 30.0. The monoisotopic (exact) mass is 690 g/mol. The molecular weight excluding hydrogens is 657 g/mol. The summed E-state index contributed by atoms with van der Waals surface area (Å²) in [6, 6.07) is 60.6. The first-order chi connectivity index (χ1) is 26.5. The molecule has 10 aromatic rings. The van der Waals surface area contributed by atoms with E-state index < -0.39 is 0 Å². The van der Waals surface area contributed by atoms with Gasteiger partial charge >= 0.3 is 0 Å². The summed E-state index contributed by atoms with van der Waals surface area (Å²) >= 11 is 0. The Kier molecular flexibility index (Phi) is 6.60. The van der Waals surface area contributed by atoms with Crippen molar-refractivity contribution in [2.45, 2.75) is 19.3 Å². The van der Waals surface area contributed by atoms with Crippen LogP contribution in [0.1, 0.15) is 25.0 Å². The van der Waals surface area contributed by atoms with E-state index >= 15 is 0 Å². The Labute approximate surface area is 313 Å². The largest absolute Gasteiger partial charge is 0.456 e. The van der Waals surface area contributed by atoms with Gasteiger partial charge in [0.1, 0.15) is 11.2 Å². The number of hydrogen-bond donors (Lipinski definition) is 0. The lowest BCUT2D eigenvalue weighted by atomic mass is 9.81. The molecule has 0 amide bonds. The molecule has 3 heteroatoms. The van der Waals surface area contributed by atoms with Gasteiger partial charge in [0.15, 0.2) is 5.82 Å². The standard InChI is InChI=1S/C51H34N2O/c1-51(2)42-18-10-17-38(48(42)40-27-35-14-6-7-15-36(35)29-43(40)51)32-19-21-33(22-20-32)44-30-45(53-50(52-44)34-12-4-3-5-13-34)37-24-25-46-41(28-37)49-39-16-9-8-11-31(39)23-26-47(49)54-46/h3-30H,1-2H3. The molecule has 254 valence electrons. The Balaban J connectivity index is 1.04. The molecule has 0 aliphatic heterocycles. The maximum atomic E-state index is 6.33. The molecule has 3 nitrogen and oxygen atoms in total. The van der Waals surface area contributed by atoms with Gasteiger partial charge in [-0.05, 0) is 97.4 Å². The van der Waals surface area contributed by atoms with E-state index in [1.165, 1.54) is 54.9 Å². The first-order valence-corrected chi connectivity index (χ1v) is 18.6. The summed E-state index contributed by atoms with van der Waals surface area (Å²) in [5, 5.41) is 7.15. The van der Waals surface area contributed by atoms with Crippen molar-refractivity contribution in [1.29, 1.82) is 0 Å². The van der Waals surface area contributed by atoms with Crippen LogP contribution in [0.3, 0.4) is 0 Å². The SMILES string of the molecule is CC1(C)c2cc3ccccc3cc2-c2c(-c3ccc(-c4cc(-c5ccc6oc7ccc8ccccc8c7c6c5)nc(-c5ccccc5)n4)cc3)cccc21. The van der Waals surface area contributed by atoms with Gasteiger partial charge in [0.2, 0.25) is 0 Å². The lowest BCUT2D eigenvalue weighted by molar-refractivity contribution is 0.661. The first-order valence-electron chi connectivity index (χ1n) is 18.6. The van der Waals surface area contributed by atoms with Crippen molar-refractivity contribution in [2.24, 2.45) is 0 Å². The Morgan fingerprint density at radius 1 is 0.426 bits per heavy atom. The van der Waals surface area contributed by atoms with Crippen molar-refractivity contribution >= 4 is 43.5 Å². The van der Waals surface area contributed by atoms with Crippen LogP contribution in [0.5, 0.6) is 0 Å². The third kappa shape index (κ3) is 4.68. The predicted molar refractivity (Wildman–Crippen MR) is 224 cm³/mol. The summed E-state index contributed by atoms with van der Waals surface area (Å²) in [4.78, 5) is 10.3. The summed E-state index contributed by atoms with van der Waals surface area (Å²) in [6.45, 7) is 4.70. The third-order valence-electron chi connectivity index (χ3n) is 11.5. The number of rotatable bonds is 4. The highest BCUT2D eigenvalue weighted by Crippen LogP contribution is 2.53. The Hall–Kier alpha value is -6.84. The van der Waals surface area contributed by atoms with E-state index in [9.17, 15) is 0 Å². The summed E-state index contributed by atoms with van der Waals surface area (Å²) in [5.74, 6) is 0.696. The molecule has 0 radical (unpaired) electrons. The molecule has 54 heavy (non-hydrogen) atoms. The molecule has 1 aliphatic carbocycles. The van der Waals surface area contributed by atoms with Crippen molar-refractivity contribution in [3.8, 4) is 56.2 Å². The fourth-order valence-electron chi connectivity index (χ4n) is 8.70. The van der Waals surface area contributed by atoms with Crippen LogP contribution < -0.4 is 0 Å². The number of nitrogens with zero attached hydrogens (tertiary/aromatic N) is 2. The Morgan fingerprint density at radius 3 is 1.91 bits per heavy atom. The van der Waals surface area contributed by atoms with Crippen molar-refractivity contribution < 1.29 is 4.42 Å². The van der Waals surface area contributed by atoms with E-state index in [1.807, 2.05) is 18.2 Å². The molecule has 11 rings (SSSR count). The van der Waals surface area contributed by atoms with Crippen LogP contribution in [-0.4, -0.2) is 9.97 Å². The third-order valence-corrected chi connectivity index (χ3v) is 11.5. The van der Waals surface area contributed by atoms with Crippen molar-refractivity contribution in [2.75, 3.05) is 0 Å². The van der Waals surface area contributed by atoms with Gasteiger partial charge in [0.05, 0.1) is 11.4 Å². The summed E-state index contributed by atoms with van der Waals surface area (Å²) < 4.78 is 6.33. The second-order valence-electron chi connectivity index (χ2n) is 15.0. The minimum Gasteiger partial charge on any atom is -0.456 e. The van der Waals surface area contributed by atoms with E-state index in [4.69, 9.17) is 14.4 Å². The highest BCUT2D eigenvalue weighted by atomic mass is 16.3. The van der Waals surface area contributed by atoms with E-state index in [0.29, 0.717) is 5.82 Å². The van der Waals surface area contributed by atoms with Crippen LogP contribution in [0.25, 0.3) is 99.6 Å². The molecule has 0 N–H and O–H groups in total. The highest BCUT2D eigenvalue weighted by molar-refractivity contribution is 6.19. The topological polar surface area (TPSA) is 38.9 Å². The summed E-state index contributed by atoms with van der Waals surface area (Å²) in [5.41, 5.74) is 14.3. The maximum absolute atomic E-state index is 6.33. The molecular formula is C51H34N2O. The van der Waals surface area contributed by atoms with Crippen LogP contribution in [0.2, 0.25) is 0 Å². The molecule has 8 aromatic carbocycles. The predicted octanol–water partition coefficient (Wildman–Crippen LogP) is 13.7. The minimum atomic E-state index is -0.0886. The number of furan rings is 1. The van der Waals surface area contributed by atoms with Gasteiger partial charge in [-0.1, -0.05) is 141 Å². The molecule has 0 fully saturated rings. The van der Waals surface area contributed by atoms with Crippen LogP contribution >= 0.6 is 0 Å². The maximum Gasteiger partial charge on any atom is 0.160 e. The molecule has 2 heterocycles. The van der Waals surface area contributed by atoms with E-state index in [0.717, 1.165) is 50.0 Å². The van der Waals surface area contributed by atoms with Crippen molar-refractivity contribution in [1.82, 2.24) is 9.97 Å². The zero-order chi connectivity index (χ0) is 36.0. The van der Waals surface area contributed by atoms with Gasteiger partial charge in [-0.25, -0.2) is 9.97 Å². The number of aromatic nitrogens is 2. The lowest BCUT2D eigenvalue weighted by Crippen LogP contribution is -2.14. The molecule has 0 atom stereocenters. The number of hydrogen-bond acceptors (Lipinski definition) is 3. The molecule has 2 aromatic heterocycles. The smallest absolute Gasteiger partial charge is 0.160 e. The normalized spacial score (nSPS) is 13.1. The van der Waals surface area contributed by atoms with Crippen molar-refractivity contribution in [3.63, 3.8) is 0 Å². The van der Waals surface area contributed by atoms with Gasteiger partial charge in [0.25, 0.3) is 0 Å². The fourth-order valence-corrected chi connectivity index (χ4v) is 8.70. The summed E-state index contributed by atoms with van der Waals surface area (Å²) in [7, 11) is 0. The van der Waals surface area contributed by atoms with Crippen LogP contribution in [0, 0.1) is 0 Å². The second kappa shape index (κ2) is 11.6. The number of fused-ring (bicyclic) bond motifs is 9. The van der Waals surface area contributed by atoms with E-state index in [1.54, 1.807) is 0 Å². The Morgan fingerprint density at radius 2 is 1.09 bits per heavy atom. The van der Waals surface area contributed by atoms with Crippen LogP contribution in [0.15, 0.2) is 174 Å². The molecule has 0 unspecified atom stereocenters. The Bertz CT molecular complexity index is 3120. The minimum absolute atomic E-state index is 0.0886.